The standard InChI is InChI=1S/C25H31ClN4O3/c1-16(2)13-30(14-18-10-20(26)24-22(11-18)32-8-5-9-33-24)25(31)17(3)27-12-19-6-4-7-21-23(19)29-15-28-21/h4,6-7,10-11,15-17,27H,5,8-9,12-14H2,1-3H3,(H,28,29). The Morgan fingerprint density at radius 2 is 2.06 bits per heavy atom. The molecule has 0 radical (unpaired) electrons. The molecule has 33 heavy (non-hydrogen) atoms. The van der Waals surface area contributed by atoms with Crippen molar-refractivity contribution >= 4 is 28.5 Å². The van der Waals surface area contributed by atoms with Crippen LogP contribution in [0.25, 0.3) is 11.0 Å². The molecule has 7 nitrogen and oxygen atoms in total. The van der Waals surface area contributed by atoms with Crippen molar-refractivity contribution in [2.75, 3.05) is 19.8 Å². The van der Waals surface area contributed by atoms with E-state index in [0.717, 1.165) is 28.6 Å². The Labute approximate surface area is 199 Å². The minimum absolute atomic E-state index is 0.0427. The monoisotopic (exact) mass is 470 g/mol. The predicted octanol–water partition coefficient (Wildman–Crippen LogP) is 4.54. The zero-order chi connectivity index (χ0) is 23.4. The molecule has 1 amide bonds. The Morgan fingerprint density at radius 3 is 2.88 bits per heavy atom. The minimum atomic E-state index is -0.353. The maximum absolute atomic E-state index is 13.4. The third-order valence-corrected chi connectivity index (χ3v) is 5.92. The molecular formula is C25H31ClN4O3. The van der Waals surface area contributed by atoms with Crippen LogP contribution >= 0.6 is 11.6 Å². The Bertz CT molecular complexity index is 1110. The van der Waals surface area contributed by atoms with E-state index < -0.39 is 0 Å². The van der Waals surface area contributed by atoms with Gasteiger partial charge in [0.25, 0.3) is 0 Å². The number of imidazole rings is 1. The number of fused-ring (bicyclic) bond motifs is 2. The van der Waals surface area contributed by atoms with E-state index in [2.05, 4.69) is 29.1 Å². The van der Waals surface area contributed by atoms with Crippen molar-refractivity contribution < 1.29 is 14.3 Å². The van der Waals surface area contributed by atoms with Gasteiger partial charge in [-0.25, -0.2) is 4.98 Å². The van der Waals surface area contributed by atoms with Crippen molar-refractivity contribution in [2.24, 2.45) is 5.92 Å². The van der Waals surface area contributed by atoms with Gasteiger partial charge in [-0.15, -0.1) is 0 Å². The number of carbonyl (C=O) groups is 1. The van der Waals surface area contributed by atoms with Crippen molar-refractivity contribution in [1.82, 2.24) is 20.2 Å². The third-order valence-electron chi connectivity index (χ3n) is 5.64. The zero-order valence-electron chi connectivity index (χ0n) is 19.4. The molecule has 0 bridgehead atoms. The Morgan fingerprint density at radius 1 is 1.24 bits per heavy atom. The van der Waals surface area contributed by atoms with E-state index in [1.165, 1.54) is 0 Å². The van der Waals surface area contributed by atoms with E-state index in [-0.39, 0.29) is 11.9 Å². The average Bonchev–Trinajstić information content (AvgIpc) is 3.14. The number of rotatable bonds is 8. The highest BCUT2D eigenvalue weighted by atomic mass is 35.5. The lowest BCUT2D eigenvalue weighted by molar-refractivity contribution is -0.134. The second-order valence-corrected chi connectivity index (χ2v) is 9.29. The highest BCUT2D eigenvalue weighted by molar-refractivity contribution is 6.32. The molecule has 0 saturated carbocycles. The van der Waals surface area contributed by atoms with Gasteiger partial charge in [0.15, 0.2) is 11.5 Å². The van der Waals surface area contributed by atoms with E-state index in [1.807, 2.05) is 42.2 Å². The van der Waals surface area contributed by atoms with Gasteiger partial charge >= 0.3 is 0 Å². The molecule has 4 rings (SSSR count). The molecule has 1 unspecified atom stereocenters. The molecule has 2 aromatic carbocycles. The summed E-state index contributed by atoms with van der Waals surface area (Å²) in [5.74, 6) is 1.60. The van der Waals surface area contributed by atoms with Crippen molar-refractivity contribution in [3.8, 4) is 11.5 Å². The van der Waals surface area contributed by atoms with Crippen LogP contribution in [0.3, 0.4) is 0 Å². The SMILES string of the molecule is CC(C)CN(Cc1cc(Cl)c2c(c1)OCCCO2)C(=O)C(C)NCc1cccc2[nH]cnc12. The first-order valence-corrected chi connectivity index (χ1v) is 11.8. The molecule has 1 aliphatic rings. The number of halogens is 1. The van der Waals surface area contributed by atoms with E-state index in [9.17, 15) is 4.79 Å². The first-order chi connectivity index (χ1) is 15.9. The van der Waals surface area contributed by atoms with Gasteiger partial charge in [-0.05, 0) is 42.2 Å². The lowest BCUT2D eigenvalue weighted by Crippen LogP contribution is -2.45. The fraction of sp³-hybridized carbons (Fsp3) is 0.440. The van der Waals surface area contributed by atoms with Crippen molar-refractivity contribution in [2.45, 2.75) is 46.3 Å². The van der Waals surface area contributed by atoms with Crippen molar-refractivity contribution in [3.05, 3.63) is 52.8 Å². The van der Waals surface area contributed by atoms with E-state index in [1.54, 1.807) is 6.33 Å². The quantitative estimate of drug-likeness (QED) is 0.505. The fourth-order valence-corrected chi connectivity index (χ4v) is 4.35. The number of nitrogens with one attached hydrogen (secondary N) is 2. The van der Waals surface area contributed by atoms with Crippen LogP contribution < -0.4 is 14.8 Å². The van der Waals surface area contributed by atoms with Gasteiger partial charge in [-0.2, -0.15) is 0 Å². The van der Waals surface area contributed by atoms with Crippen LogP contribution in [-0.4, -0.2) is 46.6 Å². The normalized spacial score (nSPS) is 14.3. The van der Waals surface area contributed by atoms with Crippen LogP contribution in [0, 0.1) is 5.92 Å². The number of nitrogens with zero attached hydrogens (tertiary/aromatic N) is 2. The summed E-state index contributed by atoms with van der Waals surface area (Å²) in [4.78, 5) is 22.8. The average molecular weight is 471 g/mol. The maximum atomic E-state index is 13.4. The van der Waals surface area contributed by atoms with Crippen LogP contribution in [0.5, 0.6) is 11.5 Å². The summed E-state index contributed by atoms with van der Waals surface area (Å²) in [6, 6.07) is 9.46. The van der Waals surface area contributed by atoms with Gasteiger partial charge in [0.1, 0.15) is 0 Å². The number of benzene rings is 2. The number of ether oxygens (including phenoxy) is 2. The van der Waals surface area contributed by atoms with Crippen LogP contribution in [0.2, 0.25) is 5.02 Å². The summed E-state index contributed by atoms with van der Waals surface area (Å²) in [5, 5.41) is 3.89. The highest BCUT2D eigenvalue weighted by Gasteiger charge is 2.23. The van der Waals surface area contributed by atoms with Gasteiger partial charge in [0.2, 0.25) is 5.91 Å². The van der Waals surface area contributed by atoms with Gasteiger partial charge in [0, 0.05) is 26.1 Å². The van der Waals surface area contributed by atoms with Crippen molar-refractivity contribution in [3.63, 3.8) is 0 Å². The minimum Gasteiger partial charge on any atom is -0.489 e. The topological polar surface area (TPSA) is 79.5 Å². The Hall–Kier alpha value is -2.77. The van der Waals surface area contributed by atoms with Crippen LogP contribution in [0.1, 0.15) is 38.3 Å². The zero-order valence-corrected chi connectivity index (χ0v) is 20.1. The lowest BCUT2D eigenvalue weighted by atomic mass is 10.1. The molecule has 0 spiro atoms. The largest absolute Gasteiger partial charge is 0.489 e. The summed E-state index contributed by atoms with van der Waals surface area (Å²) < 4.78 is 11.6. The van der Waals surface area contributed by atoms with Crippen LogP contribution in [-0.2, 0) is 17.9 Å². The predicted molar refractivity (Wildman–Crippen MR) is 130 cm³/mol. The summed E-state index contributed by atoms with van der Waals surface area (Å²) >= 11 is 6.48. The van der Waals surface area contributed by atoms with Gasteiger partial charge in [0.05, 0.1) is 41.6 Å². The first kappa shape index (κ1) is 23.4. The second-order valence-electron chi connectivity index (χ2n) is 8.89. The molecule has 2 heterocycles. The Balaban J connectivity index is 1.47. The number of carbonyl (C=O) groups excluding carboxylic acids is 1. The lowest BCUT2D eigenvalue weighted by Gasteiger charge is -2.28. The molecular weight excluding hydrogens is 440 g/mol. The molecule has 0 aliphatic carbocycles. The number of aromatic amines is 1. The molecule has 8 heteroatoms. The highest BCUT2D eigenvalue weighted by Crippen LogP contribution is 2.38. The van der Waals surface area contributed by atoms with E-state index >= 15 is 0 Å². The van der Waals surface area contributed by atoms with Gasteiger partial charge in [-0.3, -0.25) is 4.79 Å². The van der Waals surface area contributed by atoms with E-state index in [4.69, 9.17) is 21.1 Å². The number of H-pyrrole nitrogens is 1. The second kappa shape index (κ2) is 10.4. The van der Waals surface area contributed by atoms with Gasteiger partial charge < -0.3 is 24.7 Å². The number of amides is 1. The number of hydrogen-bond donors (Lipinski definition) is 2. The molecule has 0 saturated heterocycles. The summed E-state index contributed by atoms with van der Waals surface area (Å²) in [5.41, 5.74) is 3.89. The Kier molecular flexibility index (Phi) is 7.40. The fourth-order valence-electron chi connectivity index (χ4n) is 4.06. The smallest absolute Gasteiger partial charge is 0.239 e. The summed E-state index contributed by atoms with van der Waals surface area (Å²) in [6.07, 6.45) is 2.50. The van der Waals surface area contributed by atoms with Crippen molar-refractivity contribution in [1.29, 1.82) is 0 Å². The number of hydrogen-bond acceptors (Lipinski definition) is 5. The molecule has 2 N–H and O–H groups in total. The molecule has 3 aromatic rings. The van der Waals surface area contributed by atoms with E-state index in [0.29, 0.717) is 55.3 Å². The maximum Gasteiger partial charge on any atom is 0.239 e. The number of aromatic nitrogens is 2. The molecule has 1 aliphatic heterocycles. The van der Waals surface area contributed by atoms with Crippen LogP contribution in [0.4, 0.5) is 0 Å². The summed E-state index contributed by atoms with van der Waals surface area (Å²) in [7, 11) is 0. The summed E-state index contributed by atoms with van der Waals surface area (Å²) in [6.45, 7) is 8.95. The number of para-hydroxylation sites is 1. The molecule has 0 fully saturated rings. The molecule has 176 valence electrons. The molecule has 1 aromatic heterocycles. The molecule has 1 atom stereocenters. The first-order valence-electron chi connectivity index (χ1n) is 11.4. The van der Waals surface area contributed by atoms with Gasteiger partial charge in [-0.1, -0.05) is 37.6 Å². The third kappa shape index (κ3) is 5.60. The van der Waals surface area contributed by atoms with Crippen LogP contribution in [0.15, 0.2) is 36.7 Å².